The van der Waals surface area contributed by atoms with E-state index in [-0.39, 0.29) is 18.3 Å². The highest BCUT2D eigenvalue weighted by Gasteiger charge is 2.07. The van der Waals surface area contributed by atoms with Crippen LogP contribution in [0.15, 0.2) is 35.9 Å². The lowest BCUT2D eigenvalue weighted by Gasteiger charge is -2.14. The van der Waals surface area contributed by atoms with Crippen molar-refractivity contribution in [3.05, 3.63) is 47.0 Å². The summed E-state index contributed by atoms with van der Waals surface area (Å²) in [5.41, 5.74) is 3.31. The number of rotatable bonds is 4. The first kappa shape index (κ1) is 15.7. The Morgan fingerprint density at radius 1 is 1.32 bits per heavy atom. The summed E-state index contributed by atoms with van der Waals surface area (Å²) in [6.07, 6.45) is 4.18. The number of benzene rings is 1. The van der Waals surface area contributed by atoms with Crippen LogP contribution in [0.25, 0.3) is 0 Å². The van der Waals surface area contributed by atoms with Gasteiger partial charge in [0.05, 0.1) is 0 Å². The van der Waals surface area contributed by atoms with Gasteiger partial charge < -0.3 is 10.6 Å². The second-order valence-electron chi connectivity index (χ2n) is 4.55. The number of hydrogen-bond donors (Lipinski definition) is 2. The Balaban J connectivity index is 0.00000180. The lowest BCUT2D eigenvalue weighted by Crippen LogP contribution is -2.29. The van der Waals surface area contributed by atoms with Crippen molar-refractivity contribution in [2.45, 2.75) is 19.8 Å². The third-order valence-corrected chi connectivity index (χ3v) is 3.26. The Hall–Kier alpha value is -1.32. The van der Waals surface area contributed by atoms with Gasteiger partial charge in [0.25, 0.3) is 5.91 Å². The van der Waals surface area contributed by atoms with Gasteiger partial charge in [-0.1, -0.05) is 30.7 Å². The average molecular weight is 281 g/mol. The molecule has 1 heterocycles. The minimum atomic E-state index is 0. The maximum atomic E-state index is 11.9. The Bertz CT molecular complexity index is 440. The molecule has 0 saturated heterocycles. The molecule has 0 aromatic heterocycles. The van der Waals surface area contributed by atoms with E-state index in [0.29, 0.717) is 6.54 Å². The van der Waals surface area contributed by atoms with E-state index in [9.17, 15) is 4.79 Å². The van der Waals surface area contributed by atoms with Gasteiger partial charge in [0.15, 0.2) is 0 Å². The molecule has 2 N–H and O–H groups in total. The SMILES string of the molecule is CCc1ccc(C(=O)NCC2=CCNCC2)cc1.Cl. The van der Waals surface area contributed by atoms with Gasteiger partial charge in [0.2, 0.25) is 0 Å². The quantitative estimate of drug-likeness (QED) is 0.831. The van der Waals surface area contributed by atoms with E-state index in [2.05, 4.69) is 23.6 Å². The highest BCUT2D eigenvalue weighted by Crippen LogP contribution is 2.06. The number of hydrogen-bond acceptors (Lipinski definition) is 2. The first-order valence-corrected chi connectivity index (χ1v) is 6.55. The molecule has 1 aromatic carbocycles. The van der Waals surface area contributed by atoms with Gasteiger partial charge in [-0.25, -0.2) is 0 Å². The third-order valence-electron chi connectivity index (χ3n) is 3.26. The Kier molecular flexibility index (Phi) is 6.60. The van der Waals surface area contributed by atoms with E-state index in [1.54, 1.807) is 0 Å². The average Bonchev–Trinajstić information content (AvgIpc) is 2.46. The predicted molar refractivity (Wildman–Crippen MR) is 81.0 cm³/mol. The second-order valence-corrected chi connectivity index (χ2v) is 4.55. The van der Waals surface area contributed by atoms with Crippen LogP contribution in [0.2, 0.25) is 0 Å². The summed E-state index contributed by atoms with van der Waals surface area (Å²) in [5.74, 6) is 0.0112. The van der Waals surface area contributed by atoms with E-state index in [0.717, 1.165) is 31.5 Å². The molecule has 0 spiro atoms. The van der Waals surface area contributed by atoms with Crippen LogP contribution in [-0.4, -0.2) is 25.5 Å². The molecule has 1 amide bonds. The summed E-state index contributed by atoms with van der Waals surface area (Å²) < 4.78 is 0. The largest absolute Gasteiger partial charge is 0.348 e. The van der Waals surface area contributed by atoms with Crippen LogP contribution in [0.3, 0.4) is 0 Å². The minimum absolute atomic E-state index is 0. The van der Waals surface area contributed by atoms with E-state index in [1.165, 1.54) is 11.1 Å². The normalized spacial score (nSPS) is 14.3. The van der Waals surface area contributed by atoms with Crippen molar-refractivity contribution in [1.82, 2.24) is 10.6 Å². The van der Waals surface area contributed by atoms with Gasteiger partial charge in [-0.2, -0.15) is 0 Å². The lowest BCUT2D eigenvalue weighted by molar-refractivity contribution is 0.0956. The molecule has 1 aliphatic heterocycles. The molecule has 2 rings (SSSR count). The van der Waals surface area contributed by atoms with Crippen LogP contribution in [0.1, 0.15) is 29.3 Å². The standard InChI is InChI=1S/C15H20N2O.ClH/c1-2-12-3-5-14(6-4-12)15(18)17-11-13-7-9-16-10-8-13;/h3-7,16H,2,8-11H2,1H3,(H,17,18);1H. The van der Waals surface area contributed by atoms with Crippen LogP contribution in [-0.2, 0) is 6.42 Å². The first-order chi connectivity index (χ1) is 8.79. The van der Waals surface area contributed by atoms with E-state index in [4.69, 9.17) is 0 Å². The third kappa shape index (κ3) is 4.69. The molecule has 0 unspecified atom stereocenters. The van der Waals surface area contributed by atoms with Crippen LogP contribution < -0.4 is 10.6 Å². The van der Waals surface area contributed by atoms with E-state index < -0.39 is 0 Å². The number of nitrogens with one attached hydrogen (secondary N) is 2. The molecule has 4 heteroatoms. The van der Waals surface area contributed by atoms with Crippen molar-refractivity contribution < 1.29 is 4.79 Å². The summed E-state index contributed by atoms with van der Waals surface area (Å²) in [6.45, 7) is 4.69. The van der Waals surface area contributed by atoms with Crippen molar-refractivity contribution >= 4 is 18.3 Å². The maximum absolute atomic E-state index is 11.9. The molecule has 1 aliphatic rings. The molecule has 19 heavy (non-hydrogen) atoms. The molecule has 0 aliphatic carbocycles. The van der Waals surface area contributed by atoms with Crippen molar-refractivity contribution in [2.24, 2.45) is 0 Å². The first-order valence-electron chi connectivity index (χ1n) is 6.55. The van der Waals surface area contributed by atoms with Crippen molar-refractivity contribution in [3.8, 4) is 0 Å². The van der Waals surface area contributed by atoms with Crippen molar-refractivity contribution in [2.75, 3.05) is 19.6 Å². The summed E-state index contributed by atoms with van der Waals surface area (Å²) in [4.78, 5) is 11.9. The van der Waals surface area contributed by atoms with Crippen LogP contribution in [0, 0.1) is 0 Å². The van der Waals surface area contributed by atoms with Gasteiger partial charge in [0.1, 0.15) is 0 Å². The smallest absolute Gasteiger partial charge is 0.251 e. The van der Waals surface area contributed by atoms with Gasteiger partial charge in [-0.3, -0.25) is 4.79 Å². The van der Waals surface area contributed by atoms with Gasteiger partial charge in [0, 0.05) is 18.7 Å². The molecule has 104 valence electrons. The van der Waals surface area contributed by atoms with Crippen LogP contribution >= 0.6 is 12.4 Å². The summed E-state index contributed by atoms with van der Waals surface area (Å²) in [7, 11) is 0. The fourth-order valence-corrected chi connectivity index (χ4v) is 2.02. The fourth-order valence-electron chi connectivity index (χ4n) is 2.02. The highest BCUT2D eigenvalue weighted by molar-refractivity contribution is 5.94. The molecular formula is C15H21ClN2O. The number of carbonyl (C=O) groups excluding carboxylic acids is 1. The molecule has 0 fully saturated rings. The minimum Gasteiger partial charge on any atom is -0.348 e. The highest BCUT2D eigenvalue weighted by atomic mass is 35.5. The summed E-state index contributed by atoms with van der Waals surface area (Å²) in [6, 6.07) is 7.81. The molecule has 1 aromatic rings. The van der Waals surface area contributed by atoms with Gasteiger partial charge >= 0.3 is 0 Å². The zero-order valence-electron chi connectivity index (χ0n) is 11.2. The maximum Gasteiger partial charge on any atom is 0.251 e. The van der Waals surface area contributed by atoms with Crippen LogP contribution in [0.4, 0.5) is 0 Å². The number of amides is 1. The predicted octanol–water partition coefficient (Wildman–Crippen LogP) is 2.32. The topological polar surface area (TPSA) is 41.1 Å². The lowest BCUT2D eigenvalue weighted by atomic mass is 10.1. The molecule has 0 radical (unpaired) electrons. The molecular weight excluding hydrogens is 260 g/mol. The van der Waals surface area contributed by atoms with Crippen LogP contribution in [0.5, 0.6) is 0 Å². The number of aryl methyl sites for hydroxylation is 1. The Labute approximate surface area is 120 Å². The fraction of sp³-hybridized carbons (Fsp3) is 0.400. The van der Waals surface area contributed by atoms with E-state index in [1.807, 2.05) is 24.3 Å². The molecule has 0 saturated carbocycles. The monoisotopic (exact) mass is 280 g/mol. The number of halogens is 1. The van der Waals surface area contributed by atoms with Crippen molar-refractivity contribution in [1.29, 1.82) is 0 Å². The Morgan fingerprint density at radius 3 is 2.63 bits per heavy atom. The second kappa shape index (κ2) is 7.97. The summed E-state index contributed by atoms with van der Waals surface area (Å²) >= 11 is 0. The zero-order chi connectivity index (χ0) is 12.8. The molecule has 0 bridgehead atoms. The zero-order valence-corrected chi connectivity index (χ0v) is 12.1. The van der Waals surface area contributed by atoms with E-state index >= 15 is 0 Å². The number of carbonyl (C=O) groups is 1. The van der Waals surface area contributed by atoms with Gasteiger partial charge in [-0.15, -0.1) is 12.4 Å². The molecule has 0 atom stereocenters. The Morgan fingerprint density at radius 2 is 2.05 bits per heavy atom. The molecule has 3 nitrogen and oxygen atoms in total. The summed E-state index contributed by atoms with van der Waals surface area (Å²) in [5, 5.41) is 6.23. The van der Waals surface area contributed by atoms with Crippen molar-refractivity contribution in [3.63, 3.8) is 0 Å². The van der Waals surface area contributed by atoms with Gasteiger partial charge in [-0.05, 0) is 37.1 Å².